The minimum atomic E-state index is -3.75. The molecule has 0 unspecified atom stereocenters. The second-order valence-electron chi connectivity index (χ2n) is 2.80. The lowest BCUT2D eigenvalue weighted by atomic mass is 10.5. The minimum absolute atomic E-state index is 0.0824. The van der Waals surface area contributed by atoms with E-state index in [0.717, 1.165) is 6.20 Å². The lowest BCUT2D eigenvalue weighted by Crippen LogP contribution is -1.93. The average Bonchev–Trinajstić information content (AvgIpc) is 2.70. The smallest absolute Gasteiger partial charge is 0.291 e. The molecule has 0 atom stereocenters. The van der Waals surface area contributed by atoms with Gasteiger partial charge in [0.1, 0.15) is 4.90 Å². The zero-order valence-corrected chi connectivity index (χ0v) is 9.40. The Bertz CT molecular complexity index is 562. The number of pyridine rings is 1. The Balaban J connectivity index is 2.20. The standard InChI is InChI=1S/C9H6ClNO4S/c10-16(12,13)7-3-4-8(11-6-7)15-9-2-1-5-14-9/h1-6H. The molecule has 7 heteroatoms. The van der Waals surface area contributed by atoms with Crippen LogP contribution in [0.3, 0.4) is 0 Å². The van der Waals surface area contributed by atoms with Crippen molar-refractivity contribution in [1.29, 1.82) is 0 Å². The van der Waals surface area contributed by atoms with Crippen LogP contribution in [0.5, 0.6) is 11.8 Å². The van der Waals surface area contributed by atoms with Gasteiger partial charge in [0.05, 0.1) is 12.5 Å². The number of nitrogens with zero attached hydrogens (tertiary/aromatic N) is 1. The van der Waals surface area contributed by atoms with Crippen molar-refractivity contribution in [1.82, 2.24) is 4.98 Å². The van der Waals surface area contributed by atoms with Crippen LogP contribution in [-0.2, 0) is 9.05 Å². The topological polar surface area (TPSA) is 69.4 Å². The Labute approximate surface area is 96.0 Å². The molecular formula is C9H6ClNO4S. The van der Waals surface area contributed by atoms with Crippen LogP contribution in [0.4, 0.5) is 0 Å². The number of hydrogen-bond acceptors (Lipinski definition) is 5. The van der Waals surface area contributed by atoms with E-state index < -0.39 is 9.05 Å². The molecule has 0 bridgehead atoms. The molecule has 2 aromatic rings. The molecule has 2 aromatic heterocycles. The lowest BCUT2D eigenvalue weighted by Gasteiger charge is -2.00. The van der Waals surface area contributed by atoms with Crippen molar-refractivity contribution in [3.63, 3.8) is 0 Å². The fourth-order valence-corrected chi connectivity index (χ4v) is 1.68. The van der Waals surface area contributed by atoms with Gasteiger partial charge in [-0.3, -0.25) is 0 Å². The van der Waals surface area contributed by atoms with Crippen LogP contribution in [0.15, 0.2) is 46.0 Å². The first-order valence-electron chi connectivity index (χ1n) is 4.18. The van der Waals surface area contributed by atoms with Crippen molar-refractivity contribution >= 4 is 19.7 Å². The minimum Gasteiger partial charge on any atom is -0.434 e. The molecule has 0 aliphatic carbocycles. The van der Waals surface area contributed by atoms with Gasteiger partial charge in [0.25, 0.3) is 15.0 Å². The molecule has 2 rings (SSSR count). The summed E-state index contributed by atoms with van der Waals surface area (Å²) in [6, 6.07) is 5.95. The van der Waals surface area contributed by atoms with E-state index in [4.69, 9.17) is 19.8 Å². The number of rotatable bonds is 3. The Morgan fingerprint density at radius 3 is 2.62 bits per heavy atom. The summed E-state index contributed by atoms with van der Waals surface area (Å²) in [6.45, 7) is 0. The number of furan rings is 1. The fraction of sp³-hybridized carbons (Fsp3) is 0. The van der Waals surface area contributed by atoms with Gasteiger partial charge in [0.15, 0.2) is 0 Å². The molecule has 0 aliphatic rings. The molecule has 0 saturated carbocycles. The Morgan fingerprint density at radius 2 is 2.12 bits per heavy atom. The predicted molar refractivity (Wildman–Crippen MR) is 56.1 cm³/mol. The molecule has 0 saturated heterocycles. The third kappa shape index (κ3) is 2.53. The highest BCUT2D eigenvalue weighted by atomic mass is 35.7. The average molecular weight is 260 g/mol. The highest BCUT2D eigenvalue weighted by Crippen LogP contribution is 2.21. The third-order valence-electron chi connectivity index (χ3n) is 1.69. The molecule has 2 heterocycles. The van der Waals surface area contributed by atoms with Crippen LogP contribution in [0.25, 0.3) is 0 Å². The van der Waals surface area contributed by atoms with Gasteiger partial charge in [-0.1, -0.05) is 0 Å². The van der Waals surface area contributed by atoms with Crippen molar-refractivity contribution in [3.8, 4) is 11.8 Å². The van der Waals surface area contributed by atoms with Crippen LogP contribution in [0.2, 0.25) is 0 Å². The van der Waals surface area contributed by atoms with E-state index in [9.17, 15) is 8.42 Å². The zero-order chi connectivity index (χ0) is 11.6. The van der Waals surface area contributed by atoms with Crippen LogP contribution >= 0.6 is 10.7 Å². The van der Waals surface area contributed by atoms with Crippen molar-refractivity contribution in [3.05, 3.63) is 36.7 Å². The highest BCUT2D eigenvalue weighted by molar-refractivity contribution is 8.13. The van der Waals surface area contributed by atoms with E-state index in [1.54, 1.807) is 12.1 Å². The van der Waals surface area contributed by atoms with Gasteiger partial charge in [-0.25, -0.2) is 13.4 Å². The van der Waals surface area contributed by atoms with Crippen molar-refractivity contribution in [2.24, 2.45) is 0 Å². The second kappa shape index (κ2) is 4.15. The van der Waals surface area contributed by atoms with Gasteiger partial charge in [-0.05, 0) is 12.1 Å². The maximum atomic E-state index is 10.9. The summed E-state index contributed by atoms with van der Waals surface area (Å²) in [6.07, 6.45) is 2.56. The number of aromatic nitrogens is 1. The van der Waals surface area contributed by atoms with E-state index >= 15 is 0 Å². The number of halogens is 1. The van der Waals surface area contributed by atoms with Crippen molar-refractivity contribution in [2.45, 2.75) is 4.90 Å². The van der Waals surface area contributed by atoms with E-state index in [2.05, 4.69) is 4.98 Å². The molecule has 84 valence electrons. The Hall–Kier alpha value is -1.53. The number of hydrogen-bond donors (Lipinski definition) is 0. The second-order valence-corrected chi connectivity index (χ2v) is 5.37. The SMILES string of the molecule is O=S(=O)(Cl)c1ccc(Oc2ccco2)nc1. The molecular weight excluding hydrogens is 254 g/mol. The largest absolute Gasteiger partial charge is 0.434 e. The van der Waals surface area contributed by atoms with Gasteiger partial charge in [-0.15, -0.1) is 0 Å². The zero-order valence-electron chi connectivity index (χ0n) is 7.83. The highest BCUT2D eigenvalue weighted by Gasteiger charge is 2.10. The van der Waals surface area contributed by atoms with Crippen LogP contribution in [0.1, 0.15) is 0 Å². The third-order valence-corrected chi connectivity index (χ3v) is 3.03. The normalized spacial score (nSPS) is 11.3. The summed E-state index contributed by atoms with van der Waals surface area (Å²) in [4.78, 5) is 3.69. The number of ether oxygens (including phenoxy) is 1. The predicted octanol–water partition coefficient (Wildman–Crippen LogP) is 2.39. The summed E-state index contributed by atoms with van der Waals surface area (Å²) < 4.78 is 32.0. The molecule has 5 nitrogen and oxygen atoms in total. The van der Waals surface area contributed by atoms with E-state index in [1.807, 2.05) is 0 Å². The van der Waals surface area contributed by atoms with Crippen molar-refractivity contribution < 1.29 is 17.6 Å². The monoisotopic (exact) mass is 259 g/mol. The molecule has 0 amide bonds. The quantitative estimate of drug-likeness (QED) is 0.792. The summed E-state index contributed by atoms with van der Waals surface area (Å²) in [5, 5.41) is 0. The summed E-state index contributed by atoms with van der Waals surface area (Å²) in [5.41, 5.74) is 0. The maximum absolute atomic E-state index is 10.9. The fourth-order valence-electron chi connectivity index (χ4n) is 0.996. The lowest BCUT2D eigenvalue weighted by molar-refractivity contribution is 0.337. The summed E-state index contributed by atoms with van der Waals surface area (Å²) >= 11 is 0. The Kier molecular flexibility index (Phi) is 2.84. The van der Waals surface area contributed by atoms with Gasteiger partial charge in [0, 0.05) is 22.8 Å². The van der Waals surface area contributed by atoms with Gasteiger partial charge < -0.3 is 9.15 Å². The van der Waals surface area contributed by atoms with Crippen LogP contribution in [0, 0.1) is 0 Å². The van der Waals surface area contributed by atoms with E-state index in [1.165, 1.54) is 18.4 Å². The molecule has 0 N–H and O–H groups in total. The molecule has 0 fully saturated rings. The first kappa shape index (κ1) is 11.0. The van der Waals surface area contributed by atoms with Crippen LogP contribution in [-0.4, -0.2) is 13.4 Å². The molecule has 0 aliphatic heterocycles. The first-order valence-corrected chi connectivity index (χ1v) is 6.49. The van der Waals surface area contributed by atoms with Crippen molar-refractivity contribution in [2.75, 3.05) is 0 Å². The Morgan fingerprint density at radius 1 is 1.31 bits per heavy atom. The van der Waals surface area contributed by atoms with Gasteiger partial charge >= 0.3 is 0 Å². The summed E-state index contributed by atoms with van der Waals surface area (Å²) in [5.74, 6) is 0.494. The van der Waals surface area contributed by atoms with E-state index in [0.29, 0.717) is 0 Å². The van der Waals surface area contributed by atoms with Gasteiger partial charge in [0.2, 0.25) is 5.88 Å². The first-order chi connectivity index (χ1) is 7.55. The molecule has 16 heavy (non-hydrogen) atoms. The van der Waals surface area contributed by atoms with E-state index in [-0.39, 0.29) is 16.7 Å². The molecule has 0 radical (unpaired) electrons. The molecule has 0 aromatic carbocycles. The maximum Gasteiger partial charge on any atom is 0.291 e. The van der Waals surface area contributed by atoms with Crippen LogP contribution < -0.4 is 4.74 Å². The summed E-state index contributed by atoms with van der Waals surface area (Å²) in [7, 11) is 1.38. The van der Waals surface area contributed by atoms with Gasteiger partial charge in [-0.2, -0.15) is 0 Å². The molecule has 0 spiro atoms.